The van der Waals surface area contributed by atoms with E-state index in [1.54, 1.807) is 38.1 Å². The van der Waals surface area contributed by atoms with Gasteiger partial charge in [0.1, 0.15) is 11.3 Å². The Labute approximate surface area is 115 Å². The van der Waals surface area contributed by atoms with E-state index in [9.17, 15) is 14.9 Å². The van der Waals surface area contributed by atoms with Crippen LogP contribution in [0.2, 0.25) is 0 Å². The molecular weight excluding hydrogens is 260 g/mol. The number of aryl methyl sites for hydroxylation is 1. The van der Waals surface area contributed by atoms with Gasteiger partial charge in [-0.05, 0) is 32.0 Å². The monoisotopic (exact) mass is 274 g/mol. The fourth-order valence-electron chi connectivity index (χ4n) is 1.97. The molecule has 1 amide bonds. The van der Waals surface area contributed by atoms with Crippen molar-refractivity contribution in [1.82, 2.24) is 5.32 Å². The molecule has 1 aromatic carbocycles. The largest absolute Gasteiger partial charge is 0.467 e. The number of para-hydroxylation sites is 1. The van der Waals surface area contributed by atoms with Crippen LogP contribution in [0.5, 0.6) is 0 Å². The summed E-state index contributed by atoms with van der Waals surface area (Å²) < 4.78 is 5.18. The molecule has 1 aromatic heterocycles. The van der Waals surface area contributed by atoms with Crippen LogP contribution in [-0.2, 0) is 0 Å². The summed E-state index contributed by atoms with van der Waals surface area (Å²) in [6, 6.07) is 7.75. The molecule has 1 atom stereocenters. The molecule has 2 rings (SSSR count). The Morgan fingerprint density at radius 2 is 2.10 bits per heavy atom. The maximum atomic E-state index is 12.2. The second-order valence-electron chi connectivity index (χ2n) is 4.44. The minimum atomic E-state index is -0.540. The van der Waals surface area contributed by atoms with Crippen LogP contribution in [0, 0.1) is 17.0 Å². The smallest absolute Gasteiger partial charge is 0.285 e. The fraction of sp³-hybridized carbons (Fsp3) is 0.214. The van der Waals surface area contributed by atoms with E-state index in [0.29, 0.717) is 11.3 Å². The highest BCUT2D eigenvalue weighted by molar-refractivity contribution is 5.98. The number of amides is 1. The van der Waals surface area contributed by atoms with E-state index in [1.807, 2.05) is 0 Å². The van der Waals surface area contributed by atoms with Gasteiger partial charge in [-0.1, -0.05) is 12.1 Å². The lowest BCUT2D eigenvalue weighted by Crippen LogP contribution is -2.27. The molecule has 1 heterocycles. The summed E-state index contributed by atoms with van der Waals surface area (Å²) in [5.41, 5.74) is 0.332. The van der Waals surface area contributed by atoms with Crippen LogP contribution in [-0.4, -0.2) is 10.8 Å². The zero-order valence-electron chi connectivity index (χ0n) is 11.1. The molecule has 0 spiro atoms. The van der Waals surface area contributed by atoms with Gasteiger partial charge in [-0.25, -0.2) is 0 Å². The van der Waals surface area contributed by atoms with E-state index in [0.717, 1.165) is 0 Å². The molecule has 0 fully saturated rings. The molecule has 0 bridgehead atoms. The van der Waals surface area contributed by atoms with Crippen molar-refractivity contribution >= 4 is 11.6 Å². The van der Waals surface area contributed by atoms with Crippen molar-refractivity contribution in [1.29, 1.82) is 0 Å². The van der Waals surface area contributed by atoms with E-state index < -0.39 is 10.8 Å². The third-order valence-electron chi connectivity index (χ3n) is 2.98. The van der Waals surface area contributed by atoms with Crippen LogP contribution in [0.1, 0.15) is 34.6 Å². The maximum absolute atomic E-state index is 12.2. The lowest BCUT2D eigenvalue weighted by atomic mass is 10.1. The van der Waals surface area contributed by atoms with E-state index in [1.165, 1.54) is 12.3 Å². The van der Waals surface area contributed by atoms with Gasteiger partial charge in [0.2, 0.25) is 0 Å². The summed E-state index contributed by atoms with van der Waals surface area (Å²) in [7, 11) is 0. The molecule has 20 heavy (non-hydrogen) atoms. The summed E-state index contributed by atoms with van der Waals surface area (Å²) in [6.45, 7) is 3.35. The van der Waals surface area contributed by atoms with Gasteiger partial charge in [-0.3, -0.25) is 14.9 Å². The van der Waals surface area contributed by atoms with Crippen LogP contribution < -0.4 is 5.32 Å². The molecule has 104 valence electrons. The number of nitrogens with zero attached hydrogens (tertiary/aromatic N) is 1. The first-order valence-electron chi connectivity index (χ1n) is 6.09. The molecule has 0 aliphatic rings. The quantitative estimate of drug-likeness (QED) is 0.686. The standard InChI is InChI=1S/C14H14N2O4/c1-9-5-3-6-11(13(9)16(18)19)14(17)15-10(2)12-7-4-8-20-12/h3-8,10H,1-2H3,(H,15,17)/t10-/m1/s1. The summed E-state index contributed by atoms with van der Waals surface area (Å²) in [4.78, 5) is 22.7. The molecule has 0 aliphatic carbocycles. The van der Waals surface area contributed by atoms with Gasteiger partial charge in [0, 0.05) is 5.56 Å². The van der Waals surface area contributed by atoms with Gasteiger partial charge in [0.25, 0.3) is 11.6 Å². The predicted molar refractivity (Wildman–Crippen MR) is 72.4 cm³/mol. The number of carbonyl (C=O) groups is 1. The van der Waals surface area contributed by atoms with Crippen molar-refractivity contribution in [2.75, 3.05) is 0 Å². The number of carbonyl (C=O) groups excluding carboxylic acids is 1. The van der Waals surface area contributed by atoms with Crippen molar-refractivity contribution < 1.29 is 14.1 Å². The first-order valence-corrected chi connectivity index (χ1v) is 6.09. The third kappa shape index (κ3) is 2.69. The molecular formula is C14H14N2O4. The second-order valence-corrected chi connectivity index (χ2v) is 4.44. The van der Waals surface area contributed by atoms with E-state index >= 15 is 0 Å². The number of nitrogens with one attached hydrogen (secondary N) is 1. The van der Waals surface area contributed by atoms with Crippen LogP contribution in [0.4, 0.5) is 5.69 Å². The summed E-state index contributed by atoms with van der Waals surface area (Å²) in [5, 5.41) is 13.8. The Morgan fingerprint density at radius 3 is 2.70 bits per heavy atom. The Morgan fingerprint density at radius 1 is 1.35 bits per heavy atom. The normalized spacial score (nSPS) is 11.9. The second kappa shape index (κ2) is 5.56. The number of benzene rings is 1. The molecule has 6 nitrogen and oxygen atoms in total. The molecule has 0 unspecified atom stereocenters. The lowest BCUT2D eigenvalue weighted by Gasteiger charge is -2.12. The summed E-state index contributed by atoms with van der Waals surface area (Å²) >= 11 is 0. The van der Waals surface area contributed by atoms with Gasteiger partial charge in [0.05, 0.1) is 17.2 Å². The van der Waals surface area contributed by atoms with Crippen molar-refractivity contribution in [3.63, 3.8) is 0 Å². The maximum Gasteiger partial charge on any atom is 0.285 e. The molecule has 0 aliphatic heterocycles. The van der Waals surface area contributed by atoms with Crippen LogP contribution in [0.25, 0.3) is 0 Å². The summed E-state index contributed by atoms with van der Waals surface area (Å²) in [5.74, 6) is 0.0953. The van der Waals surface area contributed by atoms with Crippen molar-refractivity contribution in [3.05, 3.63) is 63.6 Å². The summed E-state index contributed by atoms with van der Waals surface area (Å²) in [6.07, 6.45) is 1.51. The highest BCUT2D eigenvalue weighted by Gasteiger charge is 2.23. The van der Waals surface area contributed by atoms with Crippen molar-refractivity contribution in [2.45, 2.75) is 19.9 Å². The highest BCUT2D eigenvalue weighted by atomic mass is 16.6. The minimum absolute atomic E-state index is 0.0495. The molecule has 6 heteroatoms. The van der Waals surface area contributed by atoms with Crippen LogP contribution >= 0.6 is 0 Å². The Bertz CT molecular complexity index is 635. The van der Waals surface area contributed by atoms with Crippen LogP contribution in [0.15, 0.2) is 41.0 Å². The van der Waals surface area contributed by atoms with Gasteiger partial charge in [-0.15, -0.1) is 0 Å². The van der Waals surface area contributed by atoms with Crippen molar-refractivity contribution in [2.24, 2.45) is 0 Å². The zero-order chi connectivity index (χ0) is 14.7. The third-order valence-corrected chi connectivity index (χ3v) is 2.98. The average Bonchev–Trinajstić information content (AvgIpc) is 2.91. The number of hydrogen-bond donors (Lipinski definition) is 1. The lowest BCUT2D eigenvalue weighted by molar-refractivity contribution is -0.385. The number of furan rings is 1. The van der Waals surface area contributed by atoms with Gasteiger partial charge in [-0.2, -0.15) is 0 Å². The topological polar surface area (TPSA) is 85.4 Å². The van der Waals surface area contributed by atoms with E-state index in [-0.39, 0.29) is 17.3 Å². The fourth-order valence-corrected chi connectivity index (χ4v) is 1.97. The number of hydrogen-bond acceptors (Lipinski definition) is 4. The minimum Gasteiger partial charge on any atom is -0.467 e. The molecule has 0 saturated heterocycles. The predicted octanol–water partition coefficient (Wildman–Crippen LogP) is 2.99. The number of nitro benzene ring substituents is 1. The average molecular weight is 274 g/mol. The van der Waals surface area contributed by atoms with Crippen LogP contribution in [0.3, 0.4) is 0 Å². The highest BCUT2D eigenvalue weighted by Crippen LogP contribution is 2.24. The molecule has 0 saturated carbocycles. The molecule has 0 radical (unpaired) electrons. The number of nitro groups is 1. The Hall–Kier alpha value is -2.63. The zero-order valence-corrected chi connectivity index (χ0v) is 11.1. The van der Waals surface area contributed by atoms with Gasteiger partial charge in [0.15, 0.2) is 0 Å². The van der Waals surface area contributed by atoms with Gasteiger partial charge < -0.3 is 9.73 Å². The Kier molecular flexibility index (Phi) is 3.84. The SMILES string of the molecule is Cc1cccc(C(=O)N[C@H](C)c2ccco2)c1[N+](=O)[O-]. The first-order chi connectivity index (χ1) is 9.50. The first kappa shape index (κ1) is 13.8. The number of rotatable bonds is 4. The van der Waals surface area contributed by atoms with E-state index in [2.05, 4.69) is 5.32 Å². The van der Waals surface area contributed by atoms with Crippen molar-refractivity contribution in [3.8, 4) is 0 Å². The van der Waals surface area contributed by atoms with Gasteiger partial charge >= 0.3 is 0 Å². The molecule has 1 N–H and O–H groups in total. The Balaban J connectivity index is 2.26. The molecule has 2 aromatic rings. The van der Waals surface area contributed by atoms with E-state index in [4.69, 9.17) is 4.42 Å².